The van der Waals surface area contributed by atoms with Gasteiger partial charge in [-0.25, -0.2) is 4.79 Å². The molecule has 1 N–H and O–H groups in total. The molecule has 0 aromatic rings. The summed E-state index contributed by atoms with van der Waals surface area (Å²) < 4.78 is 11.1. The van der Waals surface area contributed by atoms with Crippen LogP contribution in [0.4, 0.5) is 4.79 Å². The summed E-state index contributed by atoms with van der Waals surface area (Å²) in [5, 5.41) is 3.14. The second-order valence-electron chi connectivity index (χ2n) is 7.99. The highest BCUT2D eigenvalue weighted by Crippen LogP contribution is 2.16. The molecule has 0 saturated carbocycles. The molecule has 2 amide bonds. The van der Waals surface area contributed by atoms with Crippen molar-refractivity contribution >= 4 is 6.03 Å². The predicted octanol–water partition coefficient (Wildman–Crippen LogP) is 0.603. The number of carbonyl (C=O) groups is 1. The Morgan fingerprint density at radius 2 is 1.80 bits per heavy atom. The van der Waals surface area contributed by atoms with Crippen LogP contribution in [-0.4, -0.2) is 105 Å². The lowest BCUT2D eigenvalue weighted by atomic mass is 10.0. The van der Waals surface area contributed by atoms with E-state index in [2.05, 4.69) is 29.0 Å². The zero-order valence-electron chi connectivity index (χ0n) is 15.8. The monoisotopic (exact) mass is 354 g/mol. The molecule has 0 aliphatic carbocycles. The van der Waals surface area contributed by atoms with Crippen molar-refractivity contribution in [3.05, 3.63) is 0 Å². The molecule has 25 heavy (non-hydrogen) atoms. The molecule has 144 valence electrons. The number of nitrogens with zero attached hydrogens (tertiary/aromatic N) is 3. The Kier molecular flexibility index (Phi) is 6.55. The lowest BCUT2D eigenvalue weighted by Gasteiger charge is -2.41. The third kappa shape index (κ3) is 5.29. The molecule has 0 aromatic heterocycles. The van der Waals surface area contributed by atoms with Gasteiger partial charge in [-0.15, -0.1) is 0 Å². The van der Waals surface area contributed by atoms with Crippen molar-refractivity contribution in [1.29, 1.82) is 0 Å². The summed E-state index contributed by atoms with van der Waals surface area (Å²) in [6.07, 6.45) is 2.76. The van der Waals surface area contributed by atoms with Crippen LogP contribution in [0.1, 0.15) is 26.7 Å². The Morgan fingerprint density at radius 3 is 2.44 bits per heavy atom. The lowest BCUT2D eigenvalue weighted by Crippen LogP contribution is -2.58. The van der Waals surface area contributed by atoms with Crippen LogP contribution in [0.15, 0.2) is 0 Å². The molecular weight excluding hydrogens is 320 g/mol. The molecule has 3 rings (SSSR count). The summed E-state index contributed by atoms with van der Waals surface area (Å²) in [6, 6.07) is 0.0677. The van der Waals surface area contributed by atoms with Gasteiger partial charge in [0, 0.05) is 64.5 Å². The Morgan fingerprint density at radius 1 is 1.08 bits per heavy atom. The number of hydrogen-bond donors (Lipinski definition) is 1. The van der Waals surface area contributed by atoms with Crippen LogP contribution < -0.4 is 5.32 Å². The van der Waals surface area contributed by atoms with Gasteiger partial charge in [0.1, 0.15) is 0 Å². The molecule has 1 unspecified atom stereocenters. The van der Waals surface area contributed by atoms with Gasteiger partial charge in [0.15, 0.2) is 0 Å². The SMILES string of the molecule is CC(C)(CNC(=O)N1CCN(CC2CCCO2)CC1)N1CCOCC1. The van der Waals surface area contributed by atoms with Crippen molar-refractivity contribution in [2.45, 2.75) is 38.3 Å². The van der Waals surface area contributed by atoms with Crippen LogP contribution in [0, 0.1) is 0 Å². The maximum atomic E-state index is 12.5. The molecule has 3 saturated heterocycles. The van der Waals surface area contributed by atoms with E-state index in [9.17, 15) is 4.79 Å². The summed E-state index contributed by atoms with van der Waals surface area (Å²) in [7, 11) is 0. The smallest absolute Gasteiger partial charge is 0.317 e. The maximum Gasteiger partial charge on any atom is 0.317 e. The van der Waals surface area contributed by atoms with Crippen molar-refractivity contribution in [1.82, 2.24) is 20.0 Å². The maximum absolute atomic E-state index is 12.5. The van der Waals surface area contributed by atoms with Gasteiger partial charge in [-0.1, -0.05) is 0 Å². The zero-order chi connectivity index (χ0) is 17.7. The van der Waals surface area contributed by atoms with Crippen LogP contribution in [0.2, 0.25) is 0 Å². The van der Waals surface area contributed by atoms with Gasteiger partial charge >= 0.3 is 6.03 Å². The van der Waals surface area contributed by atoms with E-state index in [1.165, 1.54) is 12.8 Å². The number of nitrogens with one attached hydrogen (secondary N) is 1. The number of hydrogen-bond acceptors (Lipinski definition) is 5. The van der Waals surface area contributed by atoms with Crippen molar-refractivity contribution in [2.24, 2.45) is 0 Å². The molecular formula is C18H34N4O3. The third-order valence-electron chi connectivity index (χ3n) is 5.68. The Hall–Kier alpha value is -0.890. The lowest BCUT2D eigenvalue weighted by molar-refractivity contribution is -0.00923. The second-order valence-corrected chi connectivity index (χ2v) is 7.99. The van der Waals surface area contributed by atoms with Crippen LogP contribution >= 0.6 is 0 Å². The van der Waals surface area contributed by atoms with Crippen LogP contribution in [0.5, 0.6) is 0 Å². The fourth-order valence-corrected chi connectivity index (χ4v) is 3.89. The van der Waals surface area contributed by atoms with E-state index in [4.69, 9.17) is 9.47 Å². The number of rotatable bonds is 5. The largest absolute Gasteiger partial charge is 0.379 e. The van der Waals surface area contributed by atoms with Gasteiger partial charge in [0.25, 0.3) is 0 Å². The molecule has 3 aliphatic heterocycles. The first-order valence-corrected chi connectivity index (χ1v) is 9.74. The van der Waals surface area contributed by atoms with Gasteiger partial charge in [0.05, 0.1) is 19.3 Å². The van der Waals surface area contributed by atoms with Crippen molar-refractivity contribution in [3.8, 4) is 0 Å². The van der Waals surface area contributed by atoms with Crippen LogP contribution in [-0.2, 0) is 9.47 Å². The standard InChI is InChI=1S/C18H34N4O3/c1-18(2,22-9-12-24-13-10-22)15-19-17(23)21-7-5-20(6-8-21)14-16-4-3-11-25-16/h16H,3-15H2,1-2H3,(H,19,23). The molecule has 7 heteroatoms. The number of carbonyl (C=O) groups excluding carboxylic acids is 1. The topological polar surface area (TPSA) is 57.3 Å². The van der Waals surface area contributed by atoms with E-state index < -0.39 is 0 Å². The van der Waals surface area contributed by atoms with E-state index in [1.54, 1.807) is 0 Å². The Balaban J connectivity index is 1.37. The summed E-state index contributed by atoms with van der Waals surface area (Å²) in [5.74, 6) is 0. The zero-order valence-corrected chi connectivity index (χ0v) is 15.8. The highest BCUT2D eigenvalue weighted by atomic mass is 16.5. The minimum absolute atomic E-state index is 0.0406. The van der Waals surface area contributed by atoms with Crippen molar-refractivity contribution in [2.75, 3.05) is 72.2 Å². The van der Waals surface area contributed by atoms with Crippen LogP contribution in [0.25, 0.3) is 0 Å². The van der Waals surface area contributed by atoms with E-state index in [1.807, 2.05) is 4.90 Å². The Bertz CT molecular complexity index is 426. The van der Waals surface area contributed by atoms with Crippen molar-refractivity contribution < 1.29 is 14.3 Å². The second kappa shape index (κ2) is 8.66. The molecule has 0 radical (unpaired) electrons. The van der Waals surface area contributed by atoms with E-state index in [0.29, 0.717) is 12.6 Å². The van der Waals surface area contributed by atoms with Gasteiger partial charge in [-0.2, -0.15) is 0 Å². The minimum Gasteiger partial charge on any atom is -0.379 e. The first-order chi connectivity index (χ1) is 12.0. The summed E-state index contributed by atoms with van der Waals surface area (Å²) in [6.45, 7) is 13.9. The molecule has 3 heterocycles. The summed E-state index contributed by atoms with van der Waals surface area (Å²) in [5.41, 5.74) is -0.0406. The van der Waals surface area contributed by atoms with Gasteiger partial charge < -0.3 is 19.7 Å². The number of amides is 2. The fourth-order valence-electron chi connectivity index (χ4n) is 3.89. The average Bonchev–Trinajstić information content (AvgIpc) is 3.14. The Labute approximate surface area is 151 Å². The van der Waals surface area contributed by atoms with Gasteiger partial charge in [0.2, 0.25) is 0 Å². The molecule has 3 aliphatic rings. The van der Waals surface area contributed by atoms with Gasteiger partial charge in [-0.05, 0) is 26.7 Å². The fraction of sp³-hybridized carbons (Fsp3) is 0.944. The van der Waals surface area contributed by atoms with Gasteiger partial charge in [-0.3, -0.25) is 9.80 Å². The quantitative estimate of drug-likeness (QED) is 0.784. The number of piperazine rings is 1. The minimum atomic E-state index is -0.0406. The average molecular weight is 354 g/mol. The summed E-state index contributed by atoms with van der Waals surface area (Å²) >= 11 is 0. The number of morpholine rings is 1. The highest BCUT2D eigenvalue weighted by molar-refractivity contribution is 5.74. The molecule has 1 atom stereocenters. The van der Waals surface area contributed by atoms with E-state index in [-0.39, 0.29) is 11.6 Å². The molecule has 0 spiro atoms. The molecule has 3 fully saturated rings. The van der Waals surface area contributed by atoms with Crippen molar-refractivity contribution in [3.63, 3.8) is 0 Å². The normalized spacial score (nSPS) is 26.8. The van der Waals surface area contributed by atoms with E-state index >= 15 is 0 Å². The molecule has 0 aromatic carbocycles. The van der Waals surface area contributed by atoms with E-state index in [0.717, 1.165) is 65.6 Å². The third-order valence-corrected chi connectivity index (χ3v) is 5.68. The first kappa shape index (κ1) is 18.9. The number of urea groups is 1. The molecule has 0 bridgehead atoms. The summed E-state index contributed by atoms with van der Waals surface area (Å²) in [4.78, 5) is 19.3. The highest BCUT2D eigenvalue weighted by Gasteiger charge is 2.30. The molecule has 7 nitrogen and oxygen atoms in total. The predicted molar refractivity (Wildman–Crippen MR) is 96.9 cm³/mol. The first-order valence-electron chi connectivity index (χ1n) is 9.74. The number of ether oxygens (including phenoxy) is 2. The van der Waals surface area contributed by atoms with Crippen LogP contribution in [0.3, 0.4) is 0 Å².